The van der Waals surface area contributed by atoms with Gasteiger partial charge >= 0.3 is 0 Å². The van der Waals surface area contributed by atoms with E-state index in [1.165, 1.54) is 0 Å². The largest absolute Gasteiger partial charge is 0.254 e. The molecule has 3 rings (SSSR count). The number of benzene rings is 3. The van der Waals surface area contributed by atoms with Crippen molar-refractivity contribution in [3.63, 3.8) is 0 Å². The summed E-state index contributed by atoms with van der Waals surface area (Å²) in [5, 5.41) is -0.264. The Kier molecular flexibility index (Phi) is 6.94. The van der Waals surface area contributed by atoms with E-state index in [9.17, 15) is 8.42 Å². The van der Waals surface area contributed by atoms with E-state index in [1.54, 1.807) is 0 Å². The highest BCUT2D eigenvalue weighted by molar-refractivity contribution is 7.86. The summed E-state index contributed by atoms with van der Waals surface area (Å²) in [6.45, 7) is 5.95. The Morgan fingerprint density at radius 1 is 0.714 bits per heavy atom. The van der Waals surface area contributed by atoms with Gasteiger partial charge in [0.1, 0.15) is 11.0 Å². The van der Waals surface area contributed by atoms with E-state index in [4.69, 9.17) is 0 Å². The molecule has 0 aliphatic carbocycles. The lowest BCUT2D eigenvalue weighted by Gasteiger charge is -2.25. The average molecular weight is 412 g/mol. The van der Waals surface area contributed by atoms with E-state index in [-0.39, 0.29) is 11.3 Å². The maximum atomic E-state index is 13.2. The lowest BCUT2D eigenvalue weighted by molar-refractivity contribution is 0.602. The molecule has 0 aliphatic heterocycles. The van der Waals surface area contributed by atoms with Crippen LogP contribution in [0.15, 0.2) is 88.7 Å². The van der Waals surface area contributed by atoms with Crippen molar-refractivity contribution >= 4 is 21.8 Å². The molecule has 0 fully saturated rings. The molecule has 2 unspecified atom stereocenters. The molecule has 5 heteroatoms. The Morgan fingerprint density at radius 3 is 1.75 bits per heavy atom. The molecule has 28 heavy (non-hydrogen) atoms. The van der Waals surface area contributed by atoms with Crippen molar-refractivity contribution < 1.29 is 8.42 Å². The number of aryl methyl sites for hydroxylation is 2. The monoisotopic (exact) mass is 411 g/mol. The molecular weight excluding hydrogens is 386 g/mol. The molecule has 4 atom stereocenters. The van der Waals surface area contributed by atoms with Gasteiger partial charge in [-0.2, -0.15) is 0 Å². The minimum Gasteiger partial charge on any atom is -0.254 e. The number of rotatable bonds is 7. The van der Waals surface area contributed by atoms with Gasteiger partial charge in [0.25, 0.3) is 0 Å². The zero-order valence-electron chi connectivity index (χ0n) is 16.3. The Bertz CT molecular complexity index is 954. The molecule has 0 aliphatic rings. The fourth-order valence-electron chi connectivity index (χ4n) is 2.95. The first-order valence-corrected chi connectivity index (χ1v) is 11.6. The standard InChI is InChI=1S/C23H25NO2S2/c1-17-9-13-21(14-10-17)27(25)19(3)23(20-7-5-4-6-8-20)24-28(26)22-15-11-18(2)12-16-22/h4-16,19,23-24H,1-3H3/t19-,23-,27?,28?/m1/s1. The summed E-state index contributed by atoms with van der Waals surface area (Å²) in [4.78, 5) is 1.49. The van der Waals surface area contributed by atoms with Gasteiger partial charge in [0.2, 0.25) is 0 Å². The first-order chi connectivity index (χ1) is 13.5. The van der Waals surface area contributed by atoms with Crippen LogP contribution in [0.2, 0.25) is 0 Å². The van der Waals surface area contributed by atoms with Crippen LogP contribution in [-0.4, -0.2) is 13.7 Å². The van der Waals surface area contributed by atoms with E-state index < -0.39 is 21.8 Å². The molecule has 0 aromatic heterocycles. The van der Waals surface area contributed by atoms with E-state index >= 15 is 0 Å². The molecule has 0 saturated heterocycles. The number of hydrogen-bond donors (Lipinski definition) is 1. The molecule has 0 amide bonds. The highest BCUT2D eigenvalue weighted by atomic mass is 32.2. The second-order valence-corrected chi connectivity index (χ2v) is 9.96. The van der Waals surface area contributed by atoms with Crippen LogP contribution in [0, 0.1) is 13.8 Å². The maximum absolute atomic E-state index is 13.2. The van der Waals surface area contributed by atoms with Gasteiger partial charge in [-0.05, 0) is 50.6 Å². The van der Waals surface area contributed by atoms with E-state index in [1.807, 2.05) is 99.6 Å². The topological polar surface area (TPSA) is 46.2 Å². The Balaban J connectivity index is 1.88. The summed E-state index contributed by atoms with van der Waals surface area (Å²) >= 11 is 0. The van der Waals surface area contributed by atoms with Crippen molar-refractivity contribution in [1.82, 2.24) is 4.72 Å². The highest BCUT2D eigenvalue weighted by Crippen LogP contribution is 2.26. The molecular formula is C23H25NO2S2. The van der Waals surface area contributed by atoms with Crippen molar-refractivity contribution in [3.8, 4) is 0 Å². The quantitative estimate of drug-likeness (QED) is 0.604. The summed E-state index contributed by atoms with van der Waals surface area (Å²) in [6, 6.07) is 24.8. The third kappa shape index (κ3) is 5.04. The van der Waals surface area contributed by atoms with Crippen LogP contribution in [0.25, 0.3) is 0 Å². The molecule has 0 spiro atoms. The van der Waals surface area contributed by atoms with Gasteiger partial charge in [-0.3, -0.25) is 4.21 Å². The minimum absolute atomic E-state index is 0.264. The molecule has 3 aromatic carbocycles. The maximum Gasteiger partial charge on any atom is 0.125 e. The van der Waals surface area contributed by atoms with Crippen LogP contribution in [0.4, 0.5) is 0 Å². The van der Waals surface area contributed by atoms with Gasteiger partial charge in [-0.15, -0.1) is 0 Å². The summed E-state index contributed by atoms with van der Waals surface area (Å²) in [5.41, 5.74) is 3.22. The summed E-state index contributed by atoms with van der Waals surface area (Å²) in [7, 11) is -2.64. The molecule has 146 valence electrons. The van der Waals surface area contributed by atoms with Crippen molar-refractivity contribution in [2.45, 2.75) is 41.9 Å². The molecule has 0 bridgehead atoms. The predicted octanol–water partition coefficient (Wildman–Crippen LogP) is 4.85. The van der Waals surface area contributed by atoms with E-state index in [0.717, 1.165) is 21.6 Å². The van der Waals surface area contributed by atoms with Gasteiger partial charge in [-0.25, -0.2) is 8.93 Å². The highest BCUT2D eigenvalue weighted by Gasteiger charge is 2.27. The average Bonchev–Trinajstić information content (AvgIpc) is 2.72. The second kappa shape index (κ2) is 9.41. The fourth-order valence-corrected chi connectivity index (χ4v) is 5.43. The molecule has 1 N–H and O–H groups in total. The van der Waals surface area contributed by atoms with Crippen LogP contribution >= 0.6 is 0 Å². The van der Waals surface area contributed by atoms with Crippen LogP contribution in [0.1, 0.15) is 29.7 Å². The minimum atomic E-state index is -1.40. The van der Waals surface area contributed by atoms with Crippen LogP contribution < -0.4 is 4.72 Å². The number of nitrogens with one attached hydrogen (secondary N) is 1. The SMILES string of the molecule is Cc1ccc(S(=O)N[C@@H](c2ccccc2)[C@@H](C)S(=O)c2ccc(C)cc2)cc1. The smallest absolute Gasteiger partial charge is 0.125 e. The van der Waals surface area contributed by atoms with Crippen molar-refractivity contribution in [2.75, 3.05) is 0 Å². The molecule has 0 radical (unpaired) electrons. The van der Waals surface area contributed by atoms with Crippen LogP contribution in [-0.2, 0) is 21.8 Å². The Morgan fingerprint density at radius 2 is 1.21 bits per heavy atom. The Labute approximate surface area is 172 Å². The summed E-state index contributed by atoms with van der Waals surface area (Å²) in [6.07, 6.45) is 0. The van der Waals surface area contributed by atoms with Crippen molar-refractivity contribution in [2.24, 2.45) is 0 Å². The van der Waals surface area contributed by atoms with Gasteiger partial charge < -0.3 is 0 Å². The molecule has 3 nitrogen and oxygen atoms in total. The zero-order valence-corrected chi connectivity index (χ0v) is 17.9. The summed E-state index contributed by atoms with van der Waals surface area (Å²) in [5.74, 6) is 0. The van der Waals surface area contributed by atoms with Gasteiger partial charge in [0.05, 0.1) is 27.0 Å². The van der Waals surface area contributed by atoms with Crippen LogP contribution in [0.3, 0.4) is 0 Å². The lowest BCUT2D eigenvalue weighted by Crippen LogP contribution is -2.34. The first kappa shape index (κ1) is 20.6. The van der Waals surface area contributed by atoms with Gasteiger partial charge in [0, 0.05) is 4.90 Å². The molecule has 0 saturated carbocycles. The fraction of sp³-hybridized carbons (Fsp3) is 0.217. The molecule has 3 aromatic rings. The van der Waals surface area contributed by atoms with Gasteiger partial charge in [0.15, 0.2) is 0 Å². The first-order valence-electron chi connectivity index (χ1n) is 9.22. The van der Waals surface area contributed by atoms with Crippen molar-refractivity contribution in [3.05, 3.63) is 95.6 Å². The Hall–Kier alpha value is -2.08. The number of hydrogen-bond acceptors (Lipinski definition) is 2. The predicted molar refractivity (Wildman–Crippen MR) is 117 cm³/mol. The van der Waals surface area contributed by atoms with Gasteiger partial charge in [-0.1, -0.05) is 65.7 Å². The lowest BCUT2D eigenvalue weighted by atomic mass is 10.1. The van der Waals surface area contributed by atoms with Crippen LogP contribution in [0.5, 0.6) is 0 Å². The van der Waals surface area contributed by atoms with Crippen molar-refractivity contribution in [1.29, 1.82) is 0 Å². The zero-order chi connectivity index (χ0) is 20.1. The molecule has 0 heterocycles. The van der Waals surface area contributed by atoms with E-state index in [0.29, 0.717) is 4.90 Å². The van der Waals surface area contributed by atoms with E-state index in [2.05, 4.69) is 4.72 Å². The summed E-state index contributed by atoms with van der Waals surface area (Å²) < 4.78 is 29.4. The third-order valence-electron chi connectivity index (χ3n) is 4.69. The normalized spacial score (nSPS) is 15.5. The second-order valence-electron chi connectivity index (χ2n) is 6.90. The third-order valence-corrected chi connectivity index (χ3v) is 7.54.